The van der Waals surface area contributed by atoms with Crippen LogP contribution < -0.4 is 4.74 Å². The van der Waals surface area contributed by atoms with Gasteiger partial charge >= 0.3 is 5.69 Å². The zero-order valence-corrected chi connectivity index (χ0v) is 12.3. The summed E-state index contributed by atoms with van der Waals surface area (Å²) in [5.74, 6) is -0.405. The fourth-order valence-electron chi connectivity index (χ4n) is 1.55. The molecule has 7 heteroatoms. The minimum absolute atomic E-state index is 0.0433. The second kappa shape index (κ2) is 6.19. The average Bonchev–Trinajstić information content (AvgIpc) is 2.38. The molecule has 0 aromatic heterocycles. The number of hydrogen-bond donors (Lipinski definition) is 0. The van der Waals surface area contributed by atoms with Crippen molar-refractivity contribution < 1.29 is 14.1 Å². The van der Waals surface area contributed by atoms with Gasteiger partial charge in [0.25, 0.3) is 0 Å². The van der Waals surface area contributed by atoms with Gasteiger partial charge in [-0.2, -0.15) is 0 Å². The van der Waals surface area contributed by atoms with Crippen LogP contribution in [0.1, 0.15) is 5.56 Å². The third-order valence-electron chi connectivity index (χ3n) is 2.52. The molecule has 4 nitrogen and oxygen atoms in total. The first-order valence-corrected chi connectivity index (χ1v) is 6.65. The van der Waals surface area contributed by atoms with E-state index in [-0.39, 0.29) is 23.1 Å². The number of nitrogens with zero attached hydrogens (tertiary/aromatic N) is 1. The van der Waals surface area contributed by atoms with E-state index in [0.717, 1.165) is 0 Å². The van der Waals surface area contributed by atoms with E-state index in [1.165, 1.54) is 24.3 Å². The molecule has 0 spiro atoms. The van der Waals surface area contributed by atoms with Crippen molar-refractivity contribution in [3.05, 3.63) is 67.4 Å². The number of benzene rings is 2. The van der Waals surface area contributed by atoms with Gasteiger partial charge in [0.15, 0.2) is 5.75 Å². The van der Waals surface area contributed by atoms with Crippen molar-refractivity contribution in [3.8, 4) is 5.75 Å². The Morgan fingerprint density at radius 3 is 2.70 bits per heavy atom. The third-order valence-corrected chi connectivity index (χ3v) is 3.24. The Labute approximate surface area is 127 Å². The van der Waals surface area contributed by atoms with Gasteiger partial charge in [-0.1, -0.05) is 33.6 Å². The highest BCUT2D eigenvalue weighted by Crippen LogP contribution is 2.30. The molecular weight excluding hydrogens is 353 g/mol. The number of nitro groups is 1. The lowest BCUT2D eigenvalue weighted by atomic mass is 10.2. The minimum Gasteiger partial charge on any atom is -0.482 e. The van der Waals surface area contributed by atoms with Crippen LogP contribution in [0.5, 0.6) is 5.75 Å². The van der Waals surface area contributed by atoms with Gasteiger partial charge in [-0.25, -0.2) is 4.39 Å². The second-order valence-corrected chi connectivity index (χ2v) is 5.25. The van der Waals surface area contributed by atoms with Crippen molar-refractivity contribution in [2.24, 2.45) is 0 Å². The summed E-state index contributed by atoms with van der Waals surface area (Å²) in [4.78, 5) is 10.3. The van der Waals surface area contributed by atoms with Crippen LogP contribution in [0.25, 0.3) is 0 Å². The molecule has 0 heterocycles. The van der Waals surface area contributed by atoms with Crippen molar-refractivity contribution >= 4 is 33.2 Å². The SMILES string of the molecule is O=[N+]([O-])c1cc(Cl)ccc1OCc1ccc(Br)cc1F. The predicted molar refractivity (Wildman–Crippen MR) is 76.5 cm³/mol. The molecule has 0 saturated heterocycles. The molecule has 2 aromatic carbocycles. The van der Waals surface area contributed by atoms with Gasteiger partial charge in [0.2, 0.25) is 0 Å². The van der Waals surface area contributed by atoms with Gasteiger partial charge in [-0.3, -0.25) is 10.1 Å². The van der Waals surface area contributed by atoms with Gasteiger partial charge in [-0.05, 0) is 24.3 Å². The minimum atomic E-state index is -0.598. The highest BCUT2D eigenvalue weighted by Gasteiger charge is 2.16. The Kier molecular flexibility index (Phi) is 4.57. The molecule has 20 heavy (non-hydrogen) atoms. The molecule has 0 atom stereocenters. The number of ether oxygens (including phenoxy) is 1. The summed E-state index contributed by atoms with van der Waals surface area (Å²) in [6.45, 7) is -0.110. The van der Waals surface area contributed by atoms with E-state index >= 15 is 0 Å². The number of hydrogen-bond acceptors (Lipinski definition) is 3. The first kappa shape index (κ1) is 14.7. The third kappa shape index (κ3) is 3.46. The first-order valence-electron chi connectivity index (χ1n) is 5.48. The summed E-state index contributed by atoms with van der Waals surface area (Å²) in [5, 5.41) is 11.1. The Hall–Kier alpha value is -1.66. The van der Waals surface area contributed by atoms with E-state index in [9.17, 15) is 14.5 Å². The zero-order chi connectivity index (χ0) is 14.7. The highest BCUT2D eigenvalue weighted by molar-refractivity contribution is 9.10. The van der Waals surface area contributed by atoms with Crippen LogP contribution in [0.15, 0.2) is 40.9 Å². The van der Waals surface area contributed by atoms with E-state index < -0.39 is 10.7 Å². The molecule has 0 amide bonds. The van der Waals surface area contributed by atoms with Crippen LogP contribution in [-0.2, 0) is 6.61 Å². The zero-order valence-electron chi connectivity index (χ0n) is 9.98. The van der Waals surface area contributed by atoms with Gasteiger partial charge in [0, 0.05) is 21.1 Å². The van der Waals surface area contributed by atoms with Crippen LogP contribution >= 0.6 is 27.5 Å². The Morgan fingerprint density at radius 1 is 1.30 bits per heavy atom. The van der Waals surface area contributed by atoms with Crippen LogP contribution in [0.4, 0.5) is 10.1 Å². The van der Waals surface area contributed by atoms with Crippen LogP contribution in [0.2, 0.25) is 5.02 Å². The highest BCUT2D eigenvalue weighted by atomic mass is 79.9. The van der Waals surface area contributed by atoms with Crippen molar-refractivity contribution in [2.75, 3.05) is 0 Å². The number of rotatable bonds is 4. The molecule has 0 saturated carbocycles. The second-order valence-electron chi connectivity index (χ2n) is 3.89. The fourth-order valence-corrected chi connectivity index (χ4v) is 2.05. The largest absolute Gasteiger partial charge is 0.482 e. The lowest BCUT2D eigenvalue weighted by Gasteiger charge is -2.08. The predicted octanol–water partition coefficient (Wildman–Crippen LogP) is 4.73. The van der Waals surface area contributed by atoms with Crippen molar-refractivity contribution in [3.63, 3.8) is 0 Å². The van der Waals surface area contributed by atoms with Gasteiger partial charge in [0.1, 0.15) is 12.4 Å². The van der Waals surface area contributed by atoms with E-state index in [4.69, 9.17) is 16.3 Å². The van der Waals surface area contributed by atoms with Crippen LogP contribution in [0, 0.1) is 15.9 Å². The summed E-state index contributed by atoms with van der Waals surface area (Å²) in [6, 6.07) is 8.56. The molecule has 0 fully saturated rings. The smallest absolute Gasteiger partial charge is 0.312 e. The summed E-state index contributed by atoms with van der Waals surface area (Å²) in [6.07, 6.45) is 0. The molecule has 0 N–H and O–H groups in total. The molecule has 104 valence electrons. The summed E-state index contributed by atoms with van der Waals surface area (Å²) in [5.41, 5.74) is 0.0486. The van der Waals surface area contributed by atoms with Crippen LogP contribution in [0.3, 0.4) is 0 Å². The topological polar surface area (TPSA) is 52.4 Å². The molecule has 0 bridgehead atoms. The van der Waals surface area contributed by atoms with Crippen LogP contribution in [-0.4, -0.2) is 4.92 Å². The molecule has 0 radical (unpaired) electrons. The van der Waals surface area contributed by atoms with E-state index in [0.29, 0.717) is 10.0 Å². The Morgan fingerprint density at radius 2 is 2.05 bits per heavy atom. The normalized spacial score (nSPS) is 10.3. The summed E-state index contributed by atoms with van der Waals surface area (Å²) < 4.78 is 19.5. The molecule has 0 aliphatic carbocycles. The monoisotopic (exact) mass is 359 g/mol. The summed E-state index contributed by atoms with van der Waals surface area (Å²) in [7, 11) is 0. The Balaban J connectivity index is 2.20. The lowest BCUT2D eigenvalue weighted by molar-refractivity contribution is -0.385. The molecule has 2 aromatic rings. The van der Waals surface area contributed by atoms with E-state index in [1.54, 1.807) is 12.1 Å². The molecule has 0 unspecified atom stereocenters. The lowest BCUT2D eigenvalue weighted by Crippen LogP contribution is -2.01. The molecule has 0 aliphatic rings. The maximum absolute atomic E-state index is 13.6. The van der Waals surface area contributed by atoms with E-state index in [1.807, 2.05) is 0 Å². The molecule has 0 aliphatic heterocycles. The number of nitro benzene ring substituents is 1. The maximum Gasteiger partial charge on any atom is 0.312 e. The standard InChI is InChI=1S/C13H8BrClFNO3/c14-9-2-1-8(11(16)5-9)7-20-13-4-3-10(15)6-12(13)17(18)19/h1-6H,7H2. The van der Waals surface area contributed by atoms with Gasteiger partial charge < -0.3 is 4.74 Å². The fraction of sp³-hybridized carbons (Fsp3) is 0.0769. The summed E-state index contributed by atoms with van der Waals surface area (Å²) >= 11 is 8.84. The average molecular weight is 361 g/mol. The maximum atomic E-state index is 13.6. The van der Waals surface area contributed by atoms with Crippen molar-refractivity contribution in [1.82, 2.24) is 0 Å². The van der Waals surface area contributed by atoms with Gasteiger partial charge in [0.05, 0.1) is 4.92 Å². The van der Waals surface area contributed by atoms with E-state index in [2.05, 4.69) is 15.9 Å². The first-order chi connectivity index (χ1) is 9.47. The quantitative estimate of drug-likeness (QED) is 0.585. The molecule has 2 rings (SSSR count). The Bertz CT molecular complexity index is 666. The van der Waals surface area contributed by atoms with Gasteiger partial charge in [-0.15, -0.1) is 0 Å². The molecular formula is C13H8BrClFNO3. The van der Waals surface area contributed by atoms with Crippen molar-refractivity contribution in [2.45, 2.75) is 6.61 Å². The number of halogens is 3. The van der Waals surface area contributed by atoms with Crippen molar-refractivity contribution in [1.29, 1.82) is 0 Å².